The van der Waals surface area contributed by atoms with Crippen molar-refractivity contribution in [2.45, 2.75) is 32.4 Å². The van der Waals surface area contributed by atoms with E-state index in [2.05, 4.69) is 23.7 Å². The maximum Gasteiger partial charge on any atom is 0.335 e. The molecule has 0 saturated carbocycles. The second kappa shape index (κ2) is 9.85. The minimum absolute atomic E-state index is 0.703. The number of hydrogen-bond acceptors (Lipinski definition) is 5. The van der Waals surface area contributed by atoms with Gasteiger partial charge in [-0.15, -0.1) is 0 Å². The summed E-state index contributed by atoms with van der Waals surface area (Å²) in [6.45, 7) is 11.9. The van der Waals surface area contributed by atoms with Gasteiger partial charge in [0, 0.05) is 39.4 Å². The summed E-state index contributed by atoms with van der Waals surface area (Å²) in [5, 5.41) is 3.32. The van der Waals surface area contributed by atoms with Crippen molar-refractivity contribution < 1.29 is 8.85 Å². The molecule has 0 atom stereocenters. The summed E-state index contributed by atoms with van der Waals surface area (Å²) >= 11 is 0. The number of nitrogens with one attached hydrogen (secondary N) is 1. The standard InChI is InChI=1S/C13H31N3O2Si/c1-3-8-16-9-11-17-19(2,18-12-10-16)13-4-6-15-7-5-14/h15H,3-14H2,1-2H3. The van der Waals surface area contributed by atoms with Crippen LogP contribution in [0, 0.1) is 0 Å². The molecule has 0 bridgehead atoms. The molecular weight excluding hydrogens is 258 g/mol. The molecule has 1 rings (SSSR count). The fourth-order valence-electron chi connectivity index (χ4n) is 2.38. The first-order chi connectivity index (χ1) is 9.20. The number of rotatable bonds is 8. The van der Waals surface area contributed by atoms with Crippen molar-refractivity contribution in [1.29, 1.82) is 0 Å². The van der Waals surface area contributed by atoms with Crippen LogP contribution in [0.2, 0.25) is 12.6 Å². The normalized spacial score (nSPS) is 21.0. The zero-order valence-electron chi connectivity index (χ0n) is 12.6. The largest absolute Gasteiger partial charge is 0.393 e. The summed E-state index contributed by atoms with van der Waals surface area (Å²) in [6, 6.07) is 1.07. The number of nitrogens with zero attached hydrogens (tertiary/aromatic N) is 1. The van der Waals surface area contributed by atoms with Gasteiger partial charge in [-0.2, -0.15) is 0 Å². The highest BCUT2D eigenvalue weighted by Crippen LogP contribution is 2.17. The van der Waals surface area contributed by atoms with Gasteiger partial charge in [-0.1, -0.05) is 6.92 Å². The van der Waals surface area contributed by atoms with Crippen molar-refractivity contribution in [2.24, 2.45) is 5.73 Å². The second-order valence-corrected chi connectivity index (χ2v) is 8.66. The molecule has 1 aliphatic rings. The first-order valence-corrected chi connectivity index (χ1v) is 10.1. The van der Waals surface area contributed by atoms with Gasteiger partial charge >= 0.3 is 8.56 Å². The first-order valence-electron chi connectivity index (χ1n) is 7.61. The molecule has 1 heterocycles. The van der Waals surface area contributed by atoms with Gasteiger partial charge in [0.15, 0.2) is 0 Å². The van der Waals surface area contributed by atoms with Crippen molar-refractivity contribution >= 4 is 8.56 Å². The van der Waals surface area contributed by atoms with Crippen LogP contribution in [0.3, 0.4) is 0 Å². The van der Waals surface area contributed by atoms with E-state index in [4.69, 9.17) is 14.6 Å². The SMILES string of the molecule is CCCN1CCO[Si](C)(CCCNCCN)OCC1. The average molecular weight is 289 g/mol. The Morgan fingerprint density at radius 2 is 1.89 bits per heavy atom. The van der Waals surface area contributed by atoms with Crippen LogP contribution in [0.15, 0.2) is 0 Å². The van der Waals surface area contributed by atoms with Gasteiger partial charge in [-0.3, -0.25) is 4.90 Å². The minimum Gasteiger partial charge on any atom is -0.393 e. The van der Waals surface area contributed by atoms with Crippen molar-refractivity contribution in [3.05, 3.63) is 0 Å². The fourth-order valence-corrected chi connectivity index (χ4v) is 4.62. The van der Waals surface area contributed by atoms with Gasteiger partial charge in [0.1, 0.15) is 0 Å². The summed E-state index contributed by atoms with van der Waals surface area (Å²) < 4.78 is 12.2. The maximum absolute atomic E-state index is 6.08. The molecule has 0 radical (unpaired) electrons. The molecule has 6 heteroatoms. The van der Waals surface area contributed by atoms with Gasteiger partial charge in [-0.05, 0) is 38.5 Å². The molecule has 3 N–H and O–H groups in total. The summed E-state index contributed by atoms with van der Waals surface area (Å²) in [6.07, 6.45) is 2.31. The highest BCUT2D eigenvalue weighted by molar-refractivity contribution is 6.66. The van der Waals surface area contributed by atoms with Gasteiger partial charge in [0.05, 0.1) is 0 Å². The third-order valence-corrected chi connectivity index (χ3v) is 6.37. The molecule has 0 unspecified atom stereocenters. The Morgan fingerprint density at radius 1 is 1.21 bits per heavy atom. The Balaban J connectivity index is 2.21. The summed E-state index contributed by atoms with van der Waals surface area (Å²) in [5.74, 6) is 0. The van der Waals surface area contributed by atoms with Crippen LogP contribution < -0.4 is 11.1 Å². The minimum atomic E-state index is -1.93. The topological polar surface area (TPSA) is 59.8 Å². The van der Waals surface area contributed by atoms with Crippen LogP contribution in [0.25, 0.3) is 0 Å². The lowest BCUT2D eigenvalue weighted by Crippen LogP contribution is -2.46. The Morgan fingerprint density at radius 3 is 2.47 bits per heavy atom. The van der Waals surface area contributed by atoms with Crippen LogP contribution in [0.4, 0.5) is 0 Å². The van der Waals surface area contributed by atoms with Gasteiger partial charge in [0.2, 0.25) is 0 Å². The van der Waals surface area contributed by atoms with Crippen molar-refractivity contribution in [3.63, 3.8) is 0 Å². The van der Waals surface area contributed by atoms with E-state index in [9.17, 15) is 0 Å². The molecule has 1 fully saturated rings. The van der Waals surface area contributed by atoms with Crippen LogP contribution >= 0.6 is 0 Å². The lowest BCUT2D eigenvalue weighted by Gasteiger charge is -2.33. The van der Waals surface area contributed by atoms with E-state index in [1.165, 1.54) is 6.42 Å². The van der Waals surface area contributed by atoms with Crippen molar-refractivity contribution in [1.82, 2.24) is 10.2 Å². The number of hydrogen-bond donors (Lipinski definition) is 2. The molecule has 1 saturated heterocycles. The quantitative estimate of drug-likeness (QED) is 0.510. The van der Waals surface area contributed by atoms with Crippen molar-refractivity contribution in [3.8, 4) is 0 Å². The third kappa shape index (κ3) is 7.39. The summed E-state index contributed by atoms with van der Waals surface area (Å²) in [5.41, 5.74) is 5.45. The Bertz CT molecular complexity index is 216. The molecule has 0 aromatic rings. The smallest absolute Gasteiger partial charge is 0.335 e. The monoisotopic (exact) mass is 289 g/mol. The molecule has 0 aromatic carbocycles. The van der Waals surface area contributed by atoms with E-state index in [0.717, 1.165) is 58.4 Å². The molecular formula is C13H31N3O2Si. The van der Waals surface area contributed by atoms with E-state index >= 15 is 0 Å². The zero-order chi connectivity index (χ0) is 14.0. The van der Waals surface area contributed by atoms with Crippen LogP contribution in [-0.4, -0.2) is 65.9 Å². The van der Waals surface area contributed by atoms with E-state index in [0.29, 0.717) is 6.54 Å². The van der Waals surface area contributed by atoms with Crippen LogP contribution in [-0.2, 0) is 8.85 Å². The molecule has 19 heavy (non-hydrogen) atoms. The molecule has 0 aromatic heterocycles. The highest BCUT2D eigenvalue weighted by atomic mass is 28.4. The Hall–Kier alpha value is 0.0169. The fraction of sp³-hybridized carbons (Fsp3) is 1.00. The average Bonchev–Trinajstić information content (AvgIpc) is 2.36. The molecule has 114 valence electrons. The predicted octanol–water partition coefficient (Wildman–Crippen LogP) is 0.756. The molecule has 0 amide bonds. The zero-order valence-corrected chi connectivity index (χ0v) is 13.6. The van der Waals surface area contributed by atoms with Gasteiger partial charge in [0.25, 0.3) is 0 Å². The van der Waals surface area contributed by atoms with E-state index in [-0.39, 0.29) is 0 Å². The summed E-state index contributed by atoms with van der Waals surface area (Å²) in [7, 11) is -1.93. The van der Waals surface area contributed by atoms with Crippen LogP contribution in [0.1, 0.15) is 19.8 Å². The number of nitrogens with two attached hydrogens (primary N) is 1. The van der Waals surface area contributed by atoms with E-state index in [1.807, 2.05) is 0 Å². The van der Waals surface area contributed by atoms with Gasteiger partial charge < -0.3 is 19.9 Å². The van der Waals surface area contributed by atoms with E-state index in [1.54, 1.807) is 0 Å². The van der Waals surface area contributed by atoms with Crippen molar-refractivity contribution in [2.75, 3.05) is 52.5 Å². The summed E-state index contributed by atoms with van der Waals surface area (Å²) in [4.78, 5) is 2.43. The maximum atomic E-state index is 6.08. The lowest BCUT2D eigenvalue weighted by atomic mass is 10.4. The van der Waals surface area contributed by atoms with E-state index < -0.39 is 8.56 Å². The predicted molar refractivity (Wildman–Crippen MR) is 81.6 cm³/mol. The Kier molecular flexibility index (Phi) is 8.85. The Labute approximate surface area is 119 Å². The molecule has 0 aliphatic carbocycles. The van der Waals surface area contributed by atoms with Gasteiger partial charge in [-0.25, -0.2) is 0 Å². The van der Waals surface area contributed by atoms with Crippen LogP contribution in [0.5, 0.6) is 0 Å². The molecule has 5 nitrogen and oxygen atoms in total. The molecule has 1 aliphatic heterocycles. The second-order valence-electron chi connectivity index (χ2n) is 5.31. The molecule has 0 spiro atoms. The lowest BCUT2D eigenvalue weighted by molar-refractivity contribution is 0.0961. The first kappa shape index (κ1) is 17.1. The highest BCUT2D eigenvalue weighted by Gasteiger charge is 2.32. The third-order valence-electron chi connectivity index (χ3n) is 3.48.